The number of piperidine rings is 1. The van der Waals surface area contributed by atoms with Gasteiger partial charge in [0.05, 0.1) is 0 Å². The van der Waals surface area contributed by atoms with Crippen LogP contribution in [0.15, 0.2) is 35.1 Å². The Morgan fingerprint density at radius 3 is 2.72 bits per heavy atom. The molecular formula is C18H25Cl2N3O2. The first-order chi connectivity index (χ1) is 11.2. The van der Waals surface area contributed by atoms with E-state index in [2.05, 4.69) is 10.3 Å². The Morgan fingerprint density at radius 1 is 1.32 bits per heavy atom. The number of carbonyl (C=O) groups excluding carboxylic acids is 1. The summed E-state index contributed by atoms with van der Waals surface area (Å²) in [4.78, 5) is 18.9. The lowest BCUT2D eigenvalue weighted by Crippen LogP contribution is -2.42. The molecule has 1 saturated heterocycles. The zero-order valence-electron chi connectivity index (χ0n) is 14.5. The number of aryl methyl sites for hydroxylation is 1. The SMILES string of the molecule is CNCC1CCCN(C(=O)c2ncoc2-c2ccc(C)cc2)C1.Cl.Cl. The molecular weight excluding hydrogens is 361 g/mol. The number of hydrogen-bond acceptors (Lipinski definition) is 4. The molecule has 1 aromatic heterocycles. The molecule has 0 aliphatic carbocycles. The van der Waals surface area contributed by atoms with Crippen molar-refractivity contribution < 1.29 is 9.21 Å². The van der Waals surface area contributed by atoms with Crippen molar-refractivity contribution in [3.8, 4) is 11.3 Å². The fraction of sp³-hybridized carbons (Fsp3) is 0.444. The number of nitrogens with zero attached hydrogens (tertiary/aromatic N) is 2. The van der Waals surface area contributed by atoms with Crippen molar-refractivity contribution in [1.29, 1.82) is 0 Å². The third-order valence-corrected chi connectivity index (χ3v) is 4.38. The zero-order chi connectivity index (χ0) is 16.2. The number of likely N-dealkylation sites (tertiary alicyclic amines) is 1. The second-order valence-corrected chi connectivity index (χ2v) is 6.21. The predicted octanol–water partition coefficient (Wildman–Crippen LogP) is 3.57. The maximum absolute atomic E-state index is 12.9. The molecule has 1 aromatic carbocycles. The minimum Gasteiger partial charge on any atom is -0.443 e. The molecule has 0 radical (unpaired) electrons. The van der Waals surface area contributed by atoms with E-state index >= 15 is 0 Å². The van der Waals surface area contributed by atoms with Crippen molar-refractivity contribution in [2.24, 2.45) is 5.92 Å². The van der Waals surface area contributed by atoms with Gasteiger partial charge in [-0.15, -0.1) is 24.8 Å². The number of rotatable bonds is 4. The molecule has 2 aromatic rings. The average molecular weight is 386 g/mol. The molecule has 1 aliphatic rings. The van der Waals surface area contributed by atoms with Gasteiger partial charge in [-0.2, -0.15) is 0 Å². The van der Waals surface area contributed by atoms with E-state index < -0.39 is 0 Å². The molecule has 1 atom stereocenters. The number of amides is 1. The van der Waals surface area contributed by atoms with E-state index in [9.17, 15) is 4.79 Å². The van der Waals surface area contributed by atoms with E-state index in [0.717, 1.165) is 38.0 Å². The van der Waals surface area contributed by atoms with Gasteiger partial charge in [-0.1, -0.05) is 29.8 Å². The molecule has 138 valence electrons. The lowest BCUT2D eigenvalue weighted by molar-refractivity contribution is 0.0669. The highest BCUT2D eigenvalue weighted by Crippen LogP contribution is 2.26. The quantitative estimate of drug-likeness (QED) is 0.873. The summed E-state index contributed by atoms with van der Waals surface area (Å²) in [6, 6.07) is 7.95. The predicted molar refractivity (Wildman–Crippen MR) is 104 cm³/mol. The summed E-state index contributed by atoms with van der Waals surface area (Å²) in [5, 5.41) is 3.20. The molecule has 25 heavy (non-hydrogen) atoms. The fourth-order valence-electron chi connectivity index (χ4n) is 3.16. The normalized spacial score (nSPS) is 16.7. The van der Waals surface area contributed by atoms with E-state index in [1.807, 2.05) is 43.1 Å². The third kappa shape index (κ3) is 4.97. The lowest BCUT2D eigenvalue weighted by atomic mass is 9.97. The topological polar surface area (TPSA) is 58.4 Å². The number of aromatic nitrogens is 1. The molecule has 3 rings (SSSR count). The van der Waals surface area contributed by atoms with Gasteiger partial charge in [0.2, 0.25) is 0 Å². The monoisotopic (exact) mass is 385 g/mol. The molecule has 2 heterocycles. The number of oxazole rings is 1. The molecule has 1 fully saturated rings. The van der Waals surface area contributed by atoms with E-state index in [1.54, 1.807) is 0 Å². The van der Waals surface area contributed by atoms with Crippen LogP contribution in [0.1, 0.15) is 28.9 Å². The number of nitrogens with one attached hydrogen (secondary N) is 1. The van der Waals surface area contributed by atoms with Crippen LogP contribution in [0.4, 0.5) is 0 Å². The highest BCUT2D eigenvalue weighted by Gasteiger charge is 2.28. The van der Waals surface area contributed by atoms with Gasteiger partial charge in [0.25, 0.3) is 5.91 Å². The molecule has 0 spiro atoms. The van der Waals surface area contributed by atoms with E-state index in [1.165, 1.54) is 12.0 Å². The maximum Gasteiger partial charge on any atom is 0.276 e. The highest BCUT2D eigenvalue weighted by molar-refractivity contribution is 5.97. The van der Waals surface area contributed by atoms with E-state index in [-0.39, 0.29) is 30.7 Å². The van der Waals surface area contributed by atoms with Gasteiger partial charge in [0.1, 0.15) is 0 Å². The minimum absolute atomic E-state index is 0. The summed E-state index contributed by atoms with van der Waals surface area (Å²) in [6.07, 6.45) is 3.56. The summed E-state index contributed by atoms with van der Waals surface area (Å²) in [5.41, 5.74) is 2.48. The van der Waals surface area contributed by atoms with Crippen LogP contribution >= 0.6 is 24.8 Å². The largest absolute Gasteiger partial charge is 0.443 e. The lowest BCUT2D eigenvalue weighted by Gasteiger charge is -2.32. The minimum atomic E-state index is -0.0323. The molecule has 0 bridgehead atoms. The van der Waals surface area contributed by atoms with Crippen LogP contribution in [0.3, 0.4) is 0 Å². The fourth-order valence-corrected chi connectivity index (χ4v) is 3.16. The summed E-state index contributed by atoms with van der Waals surface area (Å²) >= 11 is 0. The number of carbonyl (C=O) groups is 1. The van der Waals surface area contributed by atoms with Crippen molar-refractivity contribution in [1.82, 2.24) is 15.2 Å². The Hall–Kier alpha value is -1.56. The van der Waals surface area contributed by atoms with Gasteiger partial charge in [-0.3, -0.25) is 4.79 Å². The molecule has 0 saturated carbocycles. The molecule has 7 heteroatoms. The first kappa shape index (κ1) is 21.5. The maximum atomic E-state index is 12.9. The molecule has 1 aliphatic heterocycles. The van der Waals surface area contributed by atoms with Gasteiger partial charge in [-0.05, 0) is 39.3 Å². The smallest absolute Gasteiger partial charge is 0.276 e. The van der Waals surface area contributed by atoms with Crippen LogP contribution in [-0.2, 0) is 0 Å². The first-order valence-electron chi connectivity index (χ1n) is 8.13. The van der Waals surface area contributed by atoms with Gasteiger partial charge in [0.15, 0.2) is 17.8 Å². The Labute approximate surface area is 161 Å². The van der Waals surface area contributed by atoms with Crippen molar-refractivity contribution in [3.63, 3.8) is 0 Å². The average Bonchev–Trinajstić information content (AvgIpc) is 3.05. The van der Waals surface area contributed by atoms with Crippen LogP contribution in [0.2, 0.25) is 0 Å². The summed E-state index contributed by atoms with van der Waals surface area (Å²) in [6.45, 7) is 4.54. The molecule has 1 unspecified atom stereocenters. The summed E-state index contributed by atoms with van der Waals surface area (Å²) in [7, 11) is 1.95. The van der Waals surface area contributed by atoms with E-state index in [4.69, 9.17) is 4.42 Å². The Bertz CT molecular complexity index is 671. The van der Waals surface area contributed by atoms with Crippen molar-refractivity contribution in [2.45, 2.75) is 19.8 Å². The van der Waals surface area contributed by atoms with Crippen molar-refractivity contribution in [2.75, 3.05) is 26.7 Å². The van der Waals surface area contributed by atoms with E-state index in [0.29, 0.717) is 17.4 Å². The summed E-state index contributed by atoms with van der Waals surface area (Å²) < 4.78 is 5.51. The third-order valence-electron chi connectivity index (χ3n) is 4.38. The van der Waals surface area contributed by atoms with Gasteiger partial charge in [-0.25, -0.2) is 4.98 Å². The van der Waals surface area contributed by atoms with Gasteiger partial charge >= 0.3 is 0 Å². The molecule has 5 nitrogen and oxygen atoms in total. The van der Waals surface area contributed by atoms with Gasteiger partial charge in [0, 0.05) is 18.7 Å². The first-order valence-corrected chi connectivity index (χ1v) is 8.13. The van der Waals surface area contributed by atoms with Crippen molar-refractivity contribution >= 4 is 30.7 Å². The second-order valence-electron chi connectivity index (χ2n) is 6.21. The Balaban J connectivity index is 0.00000156. The number of benzene rings is 1. The zero-order valence-corrected chi connectivity index (χ0v) is 16.2. The number of hydrogen-bond donors (Lipinski definition) is 1. The van der Waals surface area contributed by atoms with Crippen LogP contribution in [0.25, 0.3) is 11.3 Å². The molecule has 1 N–H and O–H groups in total. The van der Waals surface area contributed by atoms with Gasteiger partial charge < -0.3 is 14.6 Å². The highest BCUT2D eigenvalue weighted by atomic mass is 35.5. The van der Waals surface area contributed by atoms with Crippen LogP contribution < -0.4 is 5.32 Å². The number of halogens is 2. The molecule has 1 amide bonds. The Morgan fingerprint density at radius 2 is 2.04 bits per heavy atom. The second kappa shape index (κ2) is 9.80. The summed E-state index contributed by atoms with van der Waals surface area (Å²) in [5.74, 6) is 1.04. The van der Waals surface area contributed by atoms with Crippen molar-refractivity contribution in [3.05, 3.63) is 41.9 Å². The standard InChI is InChI=1S/C18H23N3O2.2ClH/c1-13-5-7-15(8-6-13)17-16(20-12-23-17)18(22)21-9-3-4-14(11-21)10-19-2;;/h5-8,12,14,19H,3-4,9-11H2,1-2H3;2*1H. The van der Waals surface area contributed by atoms with Crippen LogP contribution in [0.5, 0.6) is 0 Å². The van der Waals surface area contributed by atoms with Crippen LogP contribution in [-0.4, -0.2) is 42.5 Å². The Kier molecular flexibility index (Phi) is 8.42. The van der Waals surface area contributed by atoms with Crippen LogP contribution in [0, 0.1) is 12.8 Å².